The van der Waals surface area contributed by atoms with Gasteiger partial charge in [0.25, 0.3) is 0 Å². The quantitative estimate of drug-likeness (QED) is 0.819. The summed E-state index contributed by atoms with van der Waals surface area (Å²) in [6, 6.07) is 14.8. The fourth-order valence-corrected chi connectivity index (χ4v) is 1.94. The van der Waals surface area contributed by atoms with Crippen molar-refractivity contribution in [2.75, 3.05) is 6.54 Å². The summed E-state index contributed by atoms with van der Waals surface area (Å²) in [5.74, 6) is 1.03. The first-order valence-corrected chi connectivity index (χ1v) is 6.21. The Morgan fingerprint density at radius 3 is 2.59 bits per heavy atom. The maximum atomic E-state index is 5.43. The van der Waals surface area contributed by atoms with Crippen LogP contribution in [0, 0.1) is 0 Å². The van der Waals surface area contributed by atoms with Crippen LogP contribution in [0.2, 0.25) is 0 Å². The van der Waals surface area contributed by atoms with E-state index >= 15 is 0 Å². The Labute approximate surface area is 103 Å². The fraction of sp³-hybridized carbons (Fsp3) is 0.333. The molecule has 0 aliphatic carbocycles. The first-order valence-electron chi connectivity index (χ1n) is 6.21. The van der Waals surface area contributed by atoms with Crippen LogP contribution < -0.4 is 5.32 Å². The minimum atomic E-state index is 0.335. The lowest BCUT2D eigenvalue weighted by atomic mass is 10.0. The molecule has 1 N–H and O–H groups in total. The predicted octanol–water partition coefficient (Wildman–Crippen LogP) is 3.56. The van der Waals surface area contributed by atoms with Crippen molar-refractivity contribution in [3.63, 3.8) is 0 Å². The molecule has 0 radical (unpaired) electrons. The van der Waals surface area contributed by atoms with Crippen LogP contribution in [0.25, 0.3) is 0 Å². The van der Waals surface area contributed by atoms with Gasteiger partial charge in [-0.2, -0.15) is 0 Å². The van der Waals surface area contributed by atoms with Crippen LogP contribution in [-0.4, -0.2) is 6.54 Å². The molecule has 0 spiro atoms. The zero-order chi connectivity index (χ0) is 11.9. The molecule has 0 fully saturated rings. The van der Waals surface area contributed by atoms with Crippen molar-refractivity contribution in [1.82, 2.24) is 5.32 Å². The lowest BCUT2D eigenvalue weighted by Crippen LogP contribution is -2.23. The summed E-state index contributed by atoms with van der Waals surface area (Å²) in [7, 11) is 0. The van der Waals surface area contributed by atoms with E-state index in [1.165, 1.54) is 5.56 Å². The second-order valence-corrected chi connectivity index (χ2v) is 4.20. The van der Waals surface area contributed by atoms with Crippen LogP contribution >= 0.6 is 0 Å². The van der Waals surface area contributed by atoms with E-state index in [1.54, 1.807) is 6.26 Å². The lowest BCUT2D eigenvalue weighted by Gasteiger charge is -2.17. The minimum absolute atomic E-state index is 0.335. The smallest absolute Gasteiger partial charge is 0.105 e. The maximum absolute atomic E-state index is 5.43. The molecule has 0 bridgehead atoms. The molecular formula is C15H19NO. The molecule has 0 aliphatic rings. The van der Waals surface area contributed by atoms with Crippen molar-refractivity contribution in [3.05, 3.63) is 60.1 Å². The fourth-order valence-electron chi connectivity index (χ4n) is 1.94. The van der Waals surface area contributed by atoms with Crippen molar-refractivity contribution in [2.24, 2.45) is 0 Å². The van der Waals surface area contributed by atoms with Gasteiger partial charge in [0.05, 0.1) is 6.26 Å². The van der Waals surface area contributed by atoms with Gasteiger partial charge in [-0.05, 0) is 30.7 Å². The first kappa shape index (κ1) is 11.9. The summed E-state index contributed by atoms with van der Waals surface area (Å²) >= 11 is 0. The summed E-state index contributed by atoms with van der Waals surface area (Å²) in [5.41, 5.74) is 1.32. The molecule has 17 heavy (non-hydrogen) atoms. The molecule has 2 aromatic rings. The minimum Gasteiger partial charge on any atom is -0.469 e. The van der Waals surface area contributed by atoms with Crippen LogP contribution in [-0.2, 0) is 6.42 Å². The van der Waals surface area contributed by atoms with E-state index in [4.69, 9.17) is 4.42 Å². The van der Waals surface area contributed by atoms with E-state index in [0.717, 1.165) is 25.1 Å². The Morgan fingerprint density at radius 1 is 1.12 bits per heavy atom. The second-order valence-electron chi connectivity index (χ2n) is 4.20. The Balaban J connectivity index is 2.08. The maximum Gasteiger partial charge on any atom is 0.105 e. The molecule has 0 saturated heterocycles. The number of benzene rings is 1. The zero-order valence-electron chi connectivity index (χ0n) is 10.2. The molecule has 2 nitrogen and oxygen atoms in total. The van der Waals surface area contributed by atoms with Gasteiger partial charge in [-0.3, -0.25) is 0 Å². The van der Waals surface area contributed by atoms with E-state index in [-0.39, 0.29) is 0 Å². The van der Waals surface area contributed by atoms with Gasteiger partial charge in [-0.15, -0.1) is 0 Å². The molecule has 0 aliphatic heterocycles. The molecule has 0 amide bonds. The molecule has 1 atom stereocenters. The third kappa shape index (κ3) is 3.46. The highest BCUT2D eigenvalue weighted by atomic mass is 16.3. The SMILES string of the molecule is CCCNC(Cc1ccco1)c1ccccc1. The highest BCUT2D eigenvalue weighted by molar-refractivity contribution is 5.20. The molecule has 90 valence electrons. The van der Waals surface area contributed by atoms with Crippen molar-refractivity contribution in [2.45, 2.75) is 25.8 Å². The largest absolute Gasteiger partial charge is 0.469 e. The van der Waals surface area contributed by atoms with Gasteiger partial charge < -0.3 is 9.73 Å². The van der Waals surface area contributed by atoms with Crippen LogP contribution in [0.1, 0.15) is 30.7 Å². The Morgan fingerprint density at radius 2 is 1.94 bits per heavy atom. The van der Waals surface area contributed by atoms with E-state index in [9.17, 15) is 0 Å². The molecule has 1 unspecified atom stereocenters. The monoisotopic (exact) mass is 229 g/mol. The van der Waals surface area contributed by atoms with E-state index < -0.39 is 0 Å². The van der Waals surface area contributed by atoms with Gasteiger partial charge in [0.1, 0.15) is 5.76 Å². The Hall–Kier alpha value is -1.54. The van der Waals surface area contributed by atoms with Gasteiger partial charge in [0.2, 0.25) is 0 Å². The van der Waals surface area contributed by atoms with Crippen molar-refractivity contribution < 1.29 is 4.42 Å². The second kappa shape index (κ2) is 6.26. The van der Waals surface area contributed by atoms with Crippen LogP contribution in [0.4, 0.5) is 0 Å². The number of furan rings is 1. The Kier molecular flexibility index (Phi) is 4.39. The molecule has 2 rings (SSSR count). The van der Waals surface area contributed by atoms with Crippen LogP contribution in [0.15, 0.2) is 53.1 Å². The molecular weight excluding hydrogens is 210 g/mol. The molecule has 1 heterocycles. The summed E-state index contributed by atoms with van der Waals surface area (Å²) in [6.45, 7) is 3.21. The number of hydrogen-bond acceptors (Lipinski definition) is 2. The third-order valence-electron chi connectivity index (χ3n) is 2.83. The van der Waals surface area contributed by atoms with Crippen molar-refractivity contribution in [3.8, 4) is 0 Å². The normalized spacial score (nSPS) is 12.5. The topological polar surface area (TPSA) is 25.2 Å². The number of rotatable bonds is 6. The molecule has 1 aromatic carbocycles. The highest BCUT2D eigenvalue weighted by Gasteiger charge is 2.12. The van der Waals surface area contributed by atoms with Crippen molar-refractivity contribution in [1.29, 1.82) is 0 Å². The van der Waals surface area contributed by atoms with Gasteiger partial charge in [0.15, 0.2) is 0 Å². The van der Waals surface area contributed by atoms with Crippen LogP contribution in [0.3, 0.4) is 0 Å². The molecule has 1 aromatic heterocycles. The summed E-state index contributed by atoms with van der Waals surface area (Å²) in [5, 5.41) is 3.56. The molecule has 0 saturated carbocycles. The summed E-state index contributed by atoms with van der Waals surface area (Å²) < 4.78 is 5.43. The predicted molar refractivity (Wildman–Crippen MR) is 69.9 cm³/mol. The van der Waals surface area contributed by atoms with Gasteiger partial charge in [0, 0.05) is 12.5 Å². The van der Waals surface area contributed by atoms with E-state index in [1.807, 2.05) is 18.2 Å². The standard InChI is InChI=1S/C15H19NO/c1-2-10-16-15(12-14-9-6-11-17-14)13-7-4-3-5-8-13/h3-9,11,15-16H,2,10,12H2,1H3. The van der Waals surface area contributed by atoms with Crippen LogP contribution in [0.5, 0.6) is 0 Å². The van der Waals surface area contributed by atoms with Gasteiger partial charge in [-0.25, -0.2) is 0 Å². The summed E-state index contributed by atoms with van der Waals surface area (Å²) in [4.78, 5) is 0. The average Bonchev–Trinajstić information content (AvgIpc) is 2.88. The number of nitrogens with one attached hydrogen (secondary N) is 1. The third-order valence-corrected chi connectivity index (χ3v) is 2.83. The van der Waals surface area contributed by atoms with E-state index in [2.05, 4.69) is 36.5 Å². The summed E-state index contributed by atoms with van der Waals surface area (Å²) in [6.07, 6.45) is 3.77. The van der Waals surface area contributed by atoms with Crippen molar-refractivity contribution >= 4 is 0 Å². The molecule has 2 heteroatoms. The van der Waals surface area contributed by atoms with Gasteiger partial charge >= 0.3 is 0 Å². The average molecular weight is 229 g/mol. The lowest BCUT2D eigenvalue weighted by molar-refractivity contribution is 0.449. The highest BCUT2D eigenvalue weighted by Crippen LogP contribution is 2.18. The Bertz CT molecular complexity index is 408. The zero-order valence-corrected chi connectivity index (χ0v) is 10.2. The number of hydrogen-bond donors (Lipinski definition) is 1. The first-order chi connectivity index (χ1) is 8.40. The van der Waals surface area contributed by atoms with E-state index in [0.29, 0.717) is 6.04 Å². The van der Waals surface area contributed by atoms with Gasteiger partial charge in [-0.1, -0.05) is 37.3 Å².